The summed E-state index contributed by atoms with van der Waals surface area (Å²) in [5.74, 6) is -1.97. The average Bonchev–Trinajstić information content (AvgIpc) is 3.57. The first-order chi connectivity index (χ1) is 42.6. The molecular formula is C78H150NO8+. The van der Waals surface area contributed by atoms with Crippen LogP contribution in [0.4, 0.5) is 0 Å². The van der Waals surface area contributed by atoms with Crippen molar-refractivity contribution < 1.29 is 42.9 Å². The highest BCUT2D eigenvalue weighted by Crippen LogP contribution is 2.19. The fourth-order valence-electron chi connectivity index (χ4n) is 11.8. The van der Waals surface area contributed by atoms with Gasteiger partial charge >= 0.3 is 17.9 Å². The Hall–Kier alpha value is -2.23. The van der Waals surface area contributed by atoms with Crippen LogP contribution in [0.5, 0.6) is 0 Å². The van der Waals surface area contributed by atoms with E-state index >= 15 is 0 Å². The van der Waals surface area contributed by atoms with Crippen LogP contribution < -0.4 is 0 Å². The van der Waals surface area contributed by atoms with E-state index in [1.165, 1.54) is 334 Å². The number of aliphatic carboxylic acids is 1. The number of carboxylic acids is 1. The number of allylic oxidation sites excluding steroid dienone is 4. The zero-order valence-electron chi connectivity index (χ0n) is 59.0. The molecule has 0 aromatic rings. The van der Waals surface area contributed by atoms with Gasteiger partial charge in [0.2, 0.25) is 0 Å². The van der Waals surface area contributed by atoms with Crippen LogP contribution in [0.15, 0.2) is 24.3 Å². The topological polar surface area (TPSA) is 108 Å². The highest BCUT2D eigenvalue weighted by Gasteiger charge is 2.25. The predicted molar refractivity (Wildman–Crippen MR) is 374 cm³/mol. The Morgan fingerprint density at radius 3 is 0.851 bits per heavy atom. The molecule has 0 aromatic carbocycles. The maximum absolute atomic E-state index is 13.0. The van der Waals surface area contributed by atoms with Crippen LogP contribution in [-0.4, -0.2) is 87.4 Å². The molecule has 0 aliphatic rings. The zero-order chi connectivity index (χ0) is 63.3. The summed E-state index contributed by atoms with van der Waals surface area (Å²) in [6.45, 7) is 4.96. The second-order valence-corrected chi connectivity index (χ2v) is 27.7. The van der Waals surface area contributed by atoms with Gasteiger partial charge in [-0.3, -0.25) is 9.59 Å². The van der Waals surface area contributed by atoms with Crippen LogP contribution in [0.25, 0.3) is 0 Å². The van der Waals surface area contributed by atoms with E-state index in [2.05, 4.69) is 38.2 Å². The number of unbranched alkanes of at least 4 members (excludes halogenated alkanes) is 54. The minimum Gasteiger partial charge on any atom is -0.477 e. The number of quaternary nitrogens is 1. The van der Waals surface area contributed by atoms with Gasteiger partial charge in [-0.15, -0.1) is 0 Å². The number of rotatable bonds is 73. The van der Waals surface area contributed by atoms with Gasteiger partial charge in [-0.1, -0.05) is 346 Å². The molecule has 0 saturated carbocycles. The highest BCUT2D eigenvalue weighted by atomic mass is 16.7. The lowest BCUT2D eigenvalue weighted by Crippen LogP contribution is -2.40. The molecule has 0 heterocycles. The molecule has 2 atom stereocenters. The van der Waals surface area contributed by atoms with Gasteiger partial charge in [-0.2, -0.15) is 0 Å². The van der Waals surface area contributed by atoms with E-state index in [1.54, 1.807) is 0 Å². The third kappa shape index (κ3) is 71.1. The molecule has 0 amide bonds. The van der Waals surface area contributed by atoms with Gasteiger partial charge < -0.3 is 28.5 Å². The molecule has 514 valence electrons. The molecule has 9 nitrogen and oxygen atoms in total. The van der Waals surface area contributed by atoms with Crippen LogP contribution in [-0.2, 0) is 33.3 Å². The molecule has 87 heavy (non-hydrogen) atoms. The first-order valence-electron chi connectivity index (χ1n) is 38.5. The molecule has 0 aromatic heterocycles. The fraction of sp³-hybridized carbons (Fsp3) is 0.910. The molecule has 1 N–H and O–H groups in total. The number of ether oxygens (including phenoxy) is 4. The van der Waals surface area contributed by atoms with Crippen LogP contribution in [0, 0.1) is 0 Å². The van der Waals surface area contributed by atoms with Gasteiger partial charge in [-0.05, 0) is 64.2 Å². The summed E-state index contributed by atoms with van der Waals surface area (Å²) in [6.07, 6.45) is 84.7. The molecule has 0 aliphatic heterocycles. The van der Waals surface area contributed by atoms with E-state index < -0.39 is 18.4 Å². The number of carbonyl (C=O) groups excluding carboxylic acids is 2. The Morgan fingerprint density at radius 2 is 0.586 bits per heavy atom. The largest absolute Gasteiger partial charge is 0.477 e. The van der Waals surface area contributed by atoms with Gasteiger partial charge in [0.05, 0.1) is 34.4 Å². The van der Waals surface area contributed by atoms with E-state index in [0.29, 0.717) is 17.4 Å². The number of esters is 2. The molecule has 2 unspecified atom stereocenters. The van der Waals surface area contributed by atoms with Crippen molar-refractivity contribution in [1.29, 1.82) is 0 Å². The van der Waals surface area contributed by atoms with E-state index in [9.17, 15) is 19.5 Å². The number of carboxylic acid groups (broad SMARTS) is 1. The molecule has 0 fully saturated rings. The third-order valence-electron chi connectivity index (χ3n) is 17.7. The molecule has 0 rings (SSSR count). The van der Waals surface area contributed by atoms with Crippen molar-refractivity contribution in [3.05, 3.63) is 24.3 Å². The van der Waals surface area contributed by atoms with E-state index in [1.807, 2.05) is 21.1 Å². The van der Waals surface area contributed by atoms with Gasteiger partial charge in [0.15, 0.2) is 6.10 Å². The number of carbonyl (C=O) groups is 3. The summed E-state index contributed by atoms with van der Waals surface area (Å²) < 4.78 is 23.0. The fourth-order valence-corrected chi connectivity index (χ4v) is 11.8. The summed E-state index contributed by atoms with van der Waals surface area (Å²) in [4.78, 5) is 37.7. The maximum Gasteiger partial charge on any atom is 0.361 e. The van der Waals surface area contributed by atoms with Gasteiger partial charge in [0.1, 0.15) is 13.2 Å². The lowest BCUT2D eigenvalue weighted by Gasteiger charge is -2.25. The Bertz CT molecular complexity index is 1480. The minimum absolute atomic E-state index is 0.175. The Balaban J connectivity index is 3.97. The summed E-state index contributed by atoms with van der Waals surface area (Å²) in [6, 6.07) is 0. The van der Waals surface area contributed by atoms with Gasteiger partial charge in [0, 0.05) is 12.8 Å². The van der Waals surface area contributed by atoms with Gasteiger partial charge in [-0.25, -0.2) is 4.79 Å². The molecular weight excluding hydrogens is 1080 g/mol. The monoisotopic (exact) mass is 1230 g/mol. The molecule has 0 saturated heterocycles. The lowest BCUT2D eigenvalue weighted by molar-refractivity contribution is -0.870. The van der Waals surface area contributed by atoms with Crippen molar-refractivity contribution in [3.63, 3.8) is 0 Å². The van der Waals surface area contributed by atoms with Crippen molar-refractivity contribution in [1.82, 2.24) is 0 Å². The molecule has 0 spiro atoms. The summed E-state index contributed by atoms with van der Waals surface area (Å²) in [5, 5.41) is 9.76. The quantitative estimate of drug-likeness (QED) is 0.0211. The second kappa shape index (κ2) is 69.7. The van der Waals surface area contributed by atoms with Crippen molar-refractivity contribution in [3.8, 4) is 0 Å². The summed E-state index contributed by atoms with van der Waals surface area (Å²) >= 11 is 0. The maximum atomic E-state index is 13.0. The predicted octanol–water partition coefficient (Wildman–Crippen LogP) is 24.1. The molecule has 0 bridgehead atoms. The normalized spacial score (nSPS) is 12.7. The van der Waals surface area contributed by atoms with Crippen LogP contribution in [0.2, 0.25) is 0 Å². The number of hydrogen-bond acceptors (Lipinski definition) is 7. The number of likely N-dealkylation sites (N-methyl/N-ethyl adjacent to an activating group) is 1. The lowest BCUT2D eigenvalue weighted by atomic mass is 10.0. The third-order valence-corrected chi connectivity index (χ3v) is 17.7. The number of hydrogen-bond donors (Lipinski definition) is 1. The van der Waals surface area contributed by atoms with Crippen LogP contribution in [0.3, 0.4) is 0 Å². The SMILES string of the molecule is CCCCCCCCCC/C=C\CCCCCCCCCCCCCCCCCCCCCCCCCCCC(=O)OC(COC(=O)CCCCCCCCCCCCCCC/C=C\CCCCCCCCCC)COC(OCC[N+](C)(C)C)C(=O)O. The molecule has 0 radical (unpaired) electrons. The van der Waals surface area contributed by atoms with Crippen molar-refractivity contribution >= 4 is 17.9 Å². The molecule has 0 aliphatic carbocycles. The smallest absolute Gasteiger partial charge is 0.361 e. The standard InChI is InChI=1S/C78H149NO8/c1-6-8-10-12-14-16-18-20-22-24-26-28-30-32-33-34-35-36-37-38-39-40-41-42-43-45-47-49-51-53-55-57-59-61-63-65-67-69-76(81)87-74(73-86-78(77(82)83)84-71-70-79(3,4)5)72-85-75(80)68-66-64-62-60-58-56-54-52-50-48-46-44-31-29-27-25-23-21-19-17-15-13-11-9-7-2/h24-27,74,78H,6-23,28-73H2,1-5H3/p+1/b26-24-,27-25-. The first kappa shape index (κ1) is 84.8. The van der Waals surface area contributed by atoms with Crippen LogP contribution >= 0.6 is 0 Å². The summed E-state index contributed by atoms with van der Waals surface area (Å²) in [7, 11) is 6.00. The minimum atomic E-state index is -1.51. The zero-order valence-corrected chi connectivity index (χ0v) is 59.0. The Labute approximate surface area is 541 Å². The van der Waals surface area contributed by atoms with E-state index in [0.717, 1.165) is 38.5 Å². The van der Waals surface area contributed by atoms with Crippen LogP contribution in [0.1, 0.15) is 399 Å². The Morgan fingerprint density at radius 1 is 0.333 bits per heavy atom. The van der Waals surface area contributed by atoms with Crippen molar-refractivity contribution in [2.45, 2.75) is 411 Å². The van der Waals surface area contributed by atoms with Gasteiger partial charge in [0.25, 0.3) is 6.29 Å². The average molecular weight is 1230 g/mol. The summed E-state index contributed by atoms with van der Waals surface area (Å²) in [5.41, 5.74) is 0. The van der Waals surface area contributed by atoms with E-state index in [4.69, 9.17) is 18.9 Å². The van der Waals surface area contributed by atoms with Crippen molar-refractivity contribution in [2.75, 3.05) is 47.5 Å². The molecule has 9 heteroatoms. The first-order valence-corrected chi connectivity index (χ1v) is 38.5. The van der Waals surface area contributed by atoms with Crippen molar-refractivity contribution in [2.24, 2.45) is 0 Å². The highest BCUT2D eigenvalue weighted by molar-refractivity contribution is 5.71. The van der Waals surface area contributed by atoms with E-state index in [-0.39, 0.29) is 38.2 Å². The second-order valence-electron chi connectivity index (χ2n) is 27.7. The number of nitrogens with zero attached hydrogens (tertiary/aromatic N) is 1. The Kier molecular flexibility index (Phi) is 67.9.